The number of ether oxygens (including phenoxy) is 5. The Bertz CT molecular complexity index is 1230. The molecule has 4 atom stereocenters. The number of carbonyl (C=O) groups excluding carboxylic acids is 1. The lowest BCUT2D eigenvalue weighted by Gasteiger charge is -2.41. The first-order chi connectivity index (χ1) is 19.8. The number of anilines is 3. The number of aromatic nitrogens is 2. The molecule has 41 heavy (non-hydrogen) atoms. The molecule has 1 fully saturated rings. The molecule has 0 saturated heterocycles. The summed E-state index contributed by atoms with van der Waals surface area (Å²) in [5.74, 6) is 1.51. The summed E-state index contributed by atoms with van der Waals surface area (Å²) in [7, 11) is 7.94. The first-order valence-corrected chi connectivity index (χ1v) is 13.8. The Hall–Kier alpha value is -2.87. The largest absolute Gasteiger partial charge is 0.495 e. The van der Waals surface area contributed by atoms with Gasteiger partial charge in [0.25, 0.3) is 0 Å². The summed E-state index contributed by atoms with van der Waals surface area (Å²) in [5, 5.41) is 7.25. The van der Waals surface area contributed by atoms with E-state index in [-0.39, 0.29) is 52.6 Å². The Morgan fingerprint density at radius 2 is 1.71 bits per heavy atom. The van der Waals surface area contributed by atoms with Gasteiger partial charge in [-0.25, -0.2) is 9.78 Å². The summed E-state index contributed by atoms with van der Waals surface area (Å²) in [5.41, 5.74) is 0.985. The van der Waals surface area contributed by atoms with Crippen molar-refractivity contribution in [1.29, 1.82) is 0 Å². The van der Waals surface area contributed by atoms with Crippen LogP contribution >= 0.6 is 23.2 Å². The zero-order valence-corrected chi connectivity index (χ0v) is 25.3. The van der Waals surface area contributed by atoms with Crippen LogP contribution in [0.25, 0.3) is 0 Å². The standard InChI is InChI=1S/C27H36Cl2N6O6/c1-7-8-41-14-31-16-9-18(37-3)19(38-4)10-17(16)32-26-30-12-15-13-35(27(36)34(2)25(15)33-26)24-22(28)20(39-5)11-21(40-6)23(24)29/h7,11-12,16-19,31H,1,8-10,13-14H2,2-6H3,(H,30,32,33). The Morgan fingerprint density at radius 3 is 2.29 bits per heavy atom. The number of nitrogens with zero attached hydrogens (tertiary/aromatic N) is 4. The Morgan fingerprint density at radius 1 is 1.07 bits per heavy atom. The quantitative estimate of drug-likeness (QED) is 0.206. The van der Waals surface area contributed by atoms with Crippen LogP contribution in [-0.4, -0.2) is 89.1 Å². The number of amides is 2. The maximum absolute atomic E-state index is 13.6. The van der Waals surface area contributed by atoms with Crippen molar-refractivity contribution < 1.29 is 28.5 Å². The monoisotopic (exact) mass is 610 g/mol. The molecule has 4 rings (SSSR count). The third-order valence-corrected chi connectivity index (χ3v) is 8.03. The number of carbonyl (C=O) groups is 1. The fourth-order valence-corrected chi connectivity index (χ4v) is 5.86. The van der Waals surface area contributed by atoms with Gasteiger partial charge in [0.2, 0.25) is 5.95 Å². The van der Waals surface area contributed by atoms with E-state index in [1.165, 1.54) is 24.0 Å². The van der Waals surface area contributed by atoms with Crippen LogP contribution in [-0.2, 0) is 20.8 Å². The van der Waals surface area contributed by atoms with Gasteiger partial charge in [0.15, 0.2) is 0 Å². The minimum absolute atomic E-state index is 0.0158. The average Bonchev–Trinajstić information content (AvgIpc) is 2.98. The fourth-order valence-electron chi connectivity index (χ4n) is 5.15. The maximum atomic E-state index is 13.6. The summed E-state index contributed by atoms with van der Waals surface area (Å²) in [6, 6.07) is 1.08. The second kappa shape index (κ2) is 13.9. The van der Waals surface area contributed by atoms with Gasteiger partial charge in [-0.1, -0.05) is 29.3 Å². The van der Waals surface area contributed by atoms with Gasteiger partial charge in [0.05, 0.1) is 52.0 Å². The van der Waals surface area contributed by atoms with E-state index in [9.17, 15) is 4.79 Å². The zero-order valence-electron chi connectivity index (χ0n) is 23.8. The number of hydrogen-bond acceptors (Lipinski definition) is 10. The second-order valence-corrected chi connectivity index (χ2v) is 10.4. The van der Waals surface area contributed by atoms with Crippen LogP contribution in [0.15, 0.2) is 24.9 Å². The molecule has 1 aromatic carbocycles. The maximum Gasteiger partial charge on any atom is 0.330 e. The molecular formula is C27H36Cl2N6O6. The first-order valence-electron chi connectivity index (χ1n) is 13.0. The summed E-state index contributed by atoms with van der Waals surface area (Å²) in [4.78, 5) is 25.7. The molecule has 2 N–H and O–H groups in total. The van der Waals surface area contributed by atoms with Gasteiger partial charge in [-0.15, -0.1) is 6.58 Å². The summed E-state index contributed by atoms with van der Waals surface area (Å²) in [6.07, 6.45) is 4.52. The molecule has 1 saturated carbocycles. The number of nitrogens with one attached hydrogen (secondary N) is 2. The van der Waals surface area contributed by atoms with Crippen molar-refractivity contribution in [3.63, 3.8) is 0 Å². The van der Waals surface area contributed by atoms with Gasteiger partial charge in [-0.3, -0.25) is 15.1 Å². The van der Waals surface area contributed by atoms with E-state index in [0.29, 0.717) is 55.0 Å². The third kappa shape index (κ3) is 6.47. The normalized spacial score (nSPS) is 22.4. The lowest BCUT2D eigenvalue weighted by atomic mass is 9.86. The van der Waals surface area contributed by atoms with Crippen LogP contribution in [0.1, 0.15) is 18.4 Å². The molecule has 224 valence electrons. The number of halogens is 2. The molecule has 14 heteroatoms. The molecular weight excluding hydrogens is 575 g/mol. The predicted octanol–water partition coefficient (Wildman–Crippen LogP) is 4.10. The molecule has 2 heterocycles. The SMILES string of the molecule is C=CCOCNC1CC(OC)C(OC)CC1Nc1ncc2c(n1)N(C)C(=O)N(c1c(Cl)c(OC)cc(OC)c1Cl)C2. The molecule has 12 nitrogen and oxygen atoms in total. The molecule has 1 aliphatic carbocycles. The molecule has 0 spiro atoms. The van der Waals surface area contributed by atoms with Crippen molar-refractivity contribution in [3.05, 3.63) is 40.5 Å². The van der Waals surface area contributed by atoms with Crippen molar-refractivity contribution in [1.82, 2.24) is 15.3 Å². The van der Waals surface area contributed by atoms with Crippen molar-refractivity contribution >= 4 is 46.7 Å². The first kappa shape index (κ1) is 31.1. The van der Waals surface area contributed by atoms with Crippen LogP contribution in [0.5, 0.6) is 11.5 Å². The van der Waals surface area contributed by atoms with Gasteiger partial charge < -0.3 is 29.0 Å². The minimum atomic E-state index is -0.375. The number of hydrogen-bond donors (Lipinski definition) is 2. The van der Waals surface area contributed by atoms with Crippen LogP contribution in [0.4, 0.5) is 22.2 Å². The van der Waals surface area contributed by atoms with Gasteiger partial charge in [-0.2, -0.15) is 4.98 Å². The summed E-state index contributed by atoms with van der Waals surface area (Å²) in [6.45, 7) is 4.61. The summed E-state index contributed by atoms with van der Waals surface area (Å²) < 4.78 is 27.7. The van der Waals surface area contributed by atoms with Crippen LogP contribution in [0.3, 0.4) is 0 Å². The van der Waals surface area contributed by atoms with Crippen LogP contribution < -0.4 is 29.9 Å². The van der Waals surface area contributed by atoms with E-state index < -0.39 is 0 Å². The number of methoxy groups -OCH3 is 4. The molecule has 1 aromatic heterocycles. The van der Waals surface area contributed by atoms with Crippen LogP contribution in [0.2, 0.25) is 10.0 Å². The average molecular weight is 612 g/mol. The van der Waals surface area contributed by atoms with Crippen molar-refractivity contribution in [2.24, 2.45) is 0 Å². The van der Waals surface area contributed by atoms with Gasteiger partial charge >= 0.3 is 6.03 Å². The molecule has 4 unspecified atom stereocenters. The van der Waals surface area contributed by atoms with E-state index in [0.717, 1.165) is 0 Å². The fraction of sp³-hybridized carbons (Fsp3) is 0.519. The Labute approximate surface area is 249 Å². The molecule has 2 aromatic rings. The highest BCUT2D eigenvalue weighted by molar-refractivity contribution is 6.42. The Kier molecular flexibility index (Phi) is 10.5. The zero-order chi connectivity index (χ0) is 29.7. The Balaban J connectivity index is 1.59. The van der Waals surface area contributed by atoms with Crippen molar-refractivity contribution in [2.75, 3.05) is 63.9 Å². The van der Waals surface area contributed by atoms with Crippen LogP contribution in [0, 0.1) is 0 Å². The van der Waals surface area contributed by atoms with E-state index >= 15 is 0 Å². The van der Waals surface area contributed by atoms with E-state index in [4.69, 9.17) is 51.9 Å². The van der Waals surface area contributed by atoms with Gasteiger partial charge in [0, 0.05) is 51.2 Å². The predicted molar refractivity (Wildman–Crippen MR) is 158 cm³/mol. The molecule has 1 aliphatic heterocycles. The van der Waals surface area contributed by atoms with Crippen molar-refractivity contribution in [2.45, 2.75) is 43.7 Å². The molecule has 0 radical (unpaired) electrons. The molecule has 0 bridgehead atoms. The second-order valence-electron chi connectivity index (χ2n) is 9.61. The lowest BCUT2D eigenvalue weighted by Crippen LogP contribution is -2.55. The molecule has 2 amide bonds. The lowest BCUT2D eigenvalue weighted by molar-refractivity contribution is -0.0698. The third-order valence-electron chi connectivity index (χ3n) is 7.30. The minimum Gasteiger partial charge on any atom is -0.495 e. The van der Waals surface area contributed by atoms with E-state index in [1.54, 1.807) is 39.6 Å². The highest BCUT2D eigenvalue weighted by atomic mass is 35.5. The number of fused-ring (bicyclic) bond motifs is 1. The summed E-state index contributed by atoms with van der Waals surface area (Å²) >= 11 is 13.2. The molecule has 2 aliphatic rings. The van der Waals surface area contributed by atoms with Gasteiger partial charge in [0.1, 0.15) is 27.4 Å². The highest BCUT2D eigenvalue weighted by Gasteiger charge is 2.39. The van der Waals surface area contributed by atoms with E-state index in [2.05, 4.69) is 22.2 Å². The van der Waals surface area contributed by atoms with Crippen molar-refractivity contribution in [3.8, 4) is 11.5 Å². The topological polar surface area (TPSA) is 120 Å². The van der Waals surface area contributed by atoms with E-state index in [1.807, 2.05) is 0 Å². The highest BCUT2D eigenvalue weighted by Crippen LogP contribution is 2.47. The smallest absolute Gasteiger partial charge is 0.330 e. The number of benzene rings is 1. The number of urea groups is 1. The number of rotatable bonds is 12. The van der Waals surface area contributed by atoms with Gasteiger partial charge in [-0.05, 0) is 12.8 Å².